The Kier molecular flexibility index (Phi) is 6.77. The Hall–Kier alpha value is -4.00. The van der Waals surface area contributed by atoms with E-state index in [0.29, 0.717) is 16.9 Å². The number of carbonyl (C=O) groups is 4. The number of esters is 2. The molecule has 0 amide bonds. The van der Waals surface area contributed by atoms with Crippen LogP contribution in [-0.4, -0.2) is 30.6 Å². The van der Waals surface area contributed by atoms with Crippen LogP contribution in [0, 0.1) is 5.92 Å². The quantitative estimate of drug-likeness (QED) is 0.385. The van der Waals surface area contributed by atoms with Gasteiger partial charge in [0.25, 0.3) is 0 Å². The van der Waals surface area contributed by atoms with Gasteiger partial charge in [-0.15, -0.1) is 0 Å². The fraction of sp³-hybridized carbons (Fsp3) is 0.167. The van der Waals surface area contributed by atoms with Gasteiger partial charge in [0, 0.05) is 11.6 Å². The van der Waals surface area contributed by atoms with Gasteiger partial charge in [-0.1, -0.05) is 30.3 Å². The number of hydrogen-bond donors (Lipinski definition) is 0. The van der Waals surface area contributed by atoms with Crippen LogP contribution in [0.2, 0.25) is 0 Å². The summed E-state index contributed by atoms with van der Waals surface area (Å²) < 4.78 is 15.4. The predicted octanol–water partition coefficient (Wildman–Crippen LogP) is 3.28. The average molecular weight is 420 g/mol. The molecule has 0 radical (unpaired) electrons. The Morgan fingerprint density at radius 2 is 1.77 bits per heavy atom. The molecule has 1 aliphatic heterocycles. The summed E-state index contributed by atoms with van der Waals surface area (Å²) >= 11 is 0. The van der Waals surface area contributed by atoms with E-state index >= 15 is 0 Å². The van der Waals surface area contributed by atoms with Crippen LogP contribution in [0.4, 0.5) is 0 Å². The molecule has 31 heavy (non-hydrogen) atoms. The largest absolute Gasteiger partial charge is 0.488 e. The van der Waals surface area contributed by atoms with Crippen LogP contribution < -0.4 is 4.74 Å². The normalized spacial score (nSPS) is 15.9. The molecule has 158 valence electrons. The molecule has 0 saturated heterocycles. The average Bonchev–Trinajstić information content (AvgIpc) is 2.76. The highest BCUT2D eigenvalue weighted by Gasteiger charge is 2.36. The minimum absolute atomic E-state index is 0.168. The van der Waals surface area contributed by atoms with Crippen LogP contribution in [0.3, 0.4) is 0 Å². The lowest BCUT2D eigenvalue weighted by Gasteiger charge is -2.15. The van der Waals surface area contributed by atoms with Crippen molar-refractivity contribution in [3.05, 3.63) is 83.1 Å². The standard InChI is InChI=1S/C24H20O7/c1-15-13-20(26)22(24(28)31-15)19(25)12-11-17-5-3-4-6-21(17)30-14-16-7-9-18(10-8-16)23(27)29-2/h3-13,22H,14H2,1-2H3/b12-11+. The summed E-state index contributed by atoms with van der Waals surface area (Å²) in [6.45, 7) is 1.71. The molecular formula is C24H20O7. The fourth-order valence-electron chi connectivity index (χ4n) is 2.94. The fourth-order valence-corrected chi connectivity index (χ4v) is 2.94. The number of allylic oxidation sites excluding steroid dienone is 3. The first-order chi connectivity index (χ1) is 14.9. The maximum Gasteiger partial charge on any atom is 0.337 e. The molecule has 0 bridgehead atoms. The van der Waals surface area contributed by atoms with Crippen molar-refractivity contribution in [2.24, 2.45) is 5.92 Å². The smallest absolute Gasteiger partial charge is 0.337 e. The van der Waals surface area contributed by atoms with E-state index in [1.54, 1.807) is 48.5 Å². The minimum atomic E-state index is -1.48. The van der Waals surface area contributed by atoms with Gasteiger partial charge in [-0.05, 0) is 42.8 Å². The zero-order valence-electron chi connectivity index (χ0n) is 17.0. The lowest BCUT2D eigenvalue weighted by molar-refractivity contribution is -0.151. The van der Waals surface area contributed by atoms with Gasteiger partial charge in [0.1, 0.15) is 18.1 Å². The zero-order valence-corrected chi connectivity index (χ0v) is 17.0. The van der Waals surface area contributed by atoms with E-state index in [9.17, 15) is 19.2 Å². The van der Waals surface area contributed by atoms with Crippen molar-refractivity contribution in [2.75, 3.05) is 7.11 Å². The second kappa shape index (κ2) is 9.67. The van der Waals surface area contributed by atoms with E-state index in [2.05, 4.69) is 4.74 Å². The lowest BCUT2D eigenvalue weighted by atomic mass is 9.96. The first-order valence-electron chi connectivity index (χ1n) is 9.44. The van der Waals surface area contributed by atoms with Gasteiger partial charge in [-0.25, -0.2) is 4.79 Å². The van der Waals surface area contributed by atoms with Crippen LogP contribution >= 0.6 is 0 Å². The number of cyclic esters (lactones) is 1. The number of ether oxygens (including phenoxy) is 3. The van der Waals surface area contributed by atoms with E-state index in [4.69, 9.17) is 9.47 Å². The second-order valence-corrected chi connectivity index (χ2v) is 6.76. The predicted molar refractivity (Wildman–Crippen MR) is 111 cm³/mol. The highest BCUT2D eigenvalue weighted by Crippen LogP contribution is 2.22. The van der Waals surface area contributed by atoms with Gasteiger partial charge in [0.05, 0.1) is 12.7 Å². The molecule has 3 rings (SSSR count). The van der Waals surface area contributed by atoms with Crippen molar-refractivity contribution in [1.29, 1.82) is 0 Å². The maximum atomic E-state index is 12.4. The van der Waals surface area contributed by atoms with Crippen molar-refractivity contribution in [3.63, 3.8) is 0 Å². The van der Waals surface area contributed by atoms with Crippen molar-refractivity contribution in [1.82, 2.24) is 0 Å². The highest BCUT2D eigenvalue weighted by molar-refractivity contribution is 6.25. The Bertz CT molecular complexity index is 1080. The summed E-state index contributed by atoms with van der Waals surface area (Å²) in [7, 11) is 1.32. The molecule has 7 nitrogen and oxygen atoms in total. The summed E-state index contributed by atoms with van der Waals surface area (Å²) in [4.78, 5) is 47.8. The Balaban J connectivity index is 1.69. The highest BCUT2D eigenvalue weighted by atomic mass is 16.5. The minimum Gasteiger partial charge on any atom is -0.488 e. The Morgan fingerprint density at radius 1 is 1.06 bits per heavy atom. The topological polar surface area (TPSA) is 96.0 Å². The number of methoxy groups -OCH3 is 1. The molecule has 0 aliphatic carbocycles. The molecule has 2 aromatic rings. The summed E-state index contributed by atoms with van der Waals surface area (Å²) in [5.74, 6) is -3.35. The third-order valence-corrected chi connectivity index (χ3v) is 4.53. The number of benzene rings is 2. The van der Waals surface area contributed by atoms with Gasteiger partial charge in [-0.2, -0.15) is 0 Å². The number of ketones is 2. The van der Waals surface area contributed by atoms with E-state index in [1.165, 1.54) is 26.2 Å². The van der Waals surface area contributed by atoms with Crippen LogP contribution in [-0.2, 0) is 30.5 Å². The van der Waals surface area contributed by atoms with E-state index in [1.807, 2.05) is 0 Å². The molecule has 0 saturated carbocycles. The molecule has 1 aliphatic rings. The second-order valence-electron chi connectivity index (χ2n) is 6.76. The molecule has 0 aromatic heterocycles. The van der Waals surface area contributed by atoms with E-state index in [-0.39, 0.29) is 12.4 Å². The van der Waals surface area contributed by atoms with E-state index < -0.39 is 29.4 Å². The summed E-state index contributed by atoms with van der Waals surface area (Å²) in [6.07, 6.45) is 3.80. The van der Waals surface area contributed by atoms with Crippen LogP contribution in [0.1, 0.15) is 28.4 Å². The number of rotatable bonds is 7. The molecule has 0 fully saturated rings. The van der Waals surface area contributed by atoms with Crippen molar-refractivity contribution < 1.29 is 33.4 Å². The van der Waals surface area contributed by atoms with Gasteiger partial charge >= 0.3 is 11.9 Å². The van der Waals surface area contributed by atoms with Crippen LogP contribution in [0.25, 0.3) is 6.08 Å². The molecule has 1 unspecified atom stereocenters. The van der Waals surface area contributed by atoms with Crippen molar-refractivity contribution in [3.8, 4) is 5.75 Å². The van der Waals surface area contributed by atoms with Gasteiger partial charge in [0.15, 0.2) is 17.5 Å². The Morgan fingerprint density at radius 3 is 2.45 bits per heavy atom. The Labute approximate surface area is 178 Å². The first-order valence-corrected chi connectivity index (χ1v) is 9.44. The zero-order chi connectivity index (χ0) is 22.4. The number of hydrogen-bond acceptors (Lipinski definition) is 7. The SMILES string of the molecule is COC(=O)c1ccc(COc2ccccc2/C=C/C(=O)C2C(=O)C=C(C)OC2=O)cc1. The molecule has 2 aromatic carbocycles. The molecule has 0 spiro atoms. The van der Waals surface area contributed by atoms with Crippen molar-refractivity contribution in [2.45, 2.75) is 13.5 Å². The van der Waals surface area contributed by atoms with Crippen LogP contribution in [0.5, 0.6) is 5.75 Å². The summed E-state index contributed by atoms with van der Waals surface area (Å²) in [5, 5.41) is 0. The van der Waals surface area contributed by atoms with Crippen LogP contribution in [0.15, 0.2) is 66.4 Å². The summed E-state index contributed by atoms with van der Waals surface area (Å²) in [5.41, 5.74) is 1.87. The monoisotopic (exact) mass is 420 g/mol. The van der Waals surface area contributed by atoms with E-state index in [0.717, 1.165) is 11.6 Å². The molecule has 1 heterocycles. The third kappa shape index (κ3) is 5.33. The van der Waals surface area contributed by atoms with Crippen molar-refractivity contribution >= 4 is 29.6 Å². The number of para-hydroxylation sites is 1. The summed E-state index contributed by atoms with van der Waals surface area (Å²) in [6, 6.07) is 13.8. The van der Waals surface area contributed by atoms with Gasteiger partial charge < -0.3 is 14.2 Å². The van der Waals surface area contributed by atoms with Gasteiger partial charge in [-0.3, -0.25) is 14.4 Å². The number of carbonyl (C=O) groups excluding carboxylic acids is 4. The third-order valence-electron chi connectivity index (χ3n) is 4.53. The molecule has 0 N–H and O–H groups in total. The van der Waals surface area contributed by atoms with Gasteiger partial charge in [0.2, 0.25) is 0 Å². The molecule has 7 heteroatoms. The molecule has 1 atom stereocenters. The maximum absolute atomic E-state index is 12.4. The lowest BCUT2D eigenvalue weighted by Crippen LogP contribution is -2.34. The first kappa shape index (κ1) is 21.7. The molecular weight excluding hydrogens is 400 g/mol.